The molecule has 0 amide bonds. The molecule has 2 nitrogen and oxygen atoms in total. The highest BCUT2D eigenvalue weighted by atomic mass is 16.0. The Bertz CT molecular complexity index is 315. The molecule has 12 heavy (non-hydrogen) atoms. The zero-order chi connectivity index (χ0) is 7.52. The van der Waals surface area contributed by atoms with Crippen LogP contribution in [0.1, 0.15) is 5.56 Å². The normalized spacial score (nSPS) is 12.3. The van der Waals surface area contributed by atoms with Crippen LogP contribution in [0.25, 0.3) is 6.08 Å². The average Bonchev–Trinajstić information content (AvgIpc) is 2.28. The number of anilines is 1. The summed E-state index contributed by atoms with van der Waals surface area (Å²) in [5.74, 6) is 0. The van der Waals surface area contributed by atoms with Crippen molar-refractivity contribution in [2.24, 2.45) is 0 Å². The van der Waals surface area contributed by atoms with Crippen molar-refractivity contribution in [1.29, 1.82) is 0 Å². The van der Waals surface area contributed by atoms with E-state index in [1.807, 2.05) is 30.5 Å². The number of nitrogens with one attached hydrogen (secondary N) is 1. The van der Waals surface area contributed by atoms with Crippen molar-refractivity contribution in [3.63, 3.8) is 0 Å². The topological polar surface area (TPSA) is 43.5 Å². The van der Waals surface area contributed by atoms with E-state index >= 15 is 0 Å². The fraction of sp³-hybridized carbons (Fsp3) is 0. The molecule has 0 aliphatic carbocycles. The smallest absolute Gasteiger partial charge is 0.0453 e. The van der Waals surface area contributed by atoms with E-state index < -0.39 is 0 Å². The Morgan fingerprint density at radius 1 is 1.00 bits per heavy atom. The van der Waals surface area contributed by atoms with Crippen molar-refractivity contribution in [1.82, 2.24) is 0 Å². The molecule has 0 saturated carbocycles. The van der Waals surface area contributed by atoms with E-state index in [1.54, 1.807) is 0 Å². The Kier molecular flexibility index (Phi) is 2.66. The fourth-order valence-electron chi connectivity index (χ4n) is 1.13. The van der Waals surface area contributed by atoms with Crippen LogP contribution in [0.5, 0.6) is 0 Å². The first-order valence-corrected chi connectivity index (χ1v) is 3.65. The molecule has 0 saturated heterocycles. The minimum atomic E-state index is 0. The second-order valence-corrected chi connectivity index (χ2v) is 2.45. The van der Waals surface area contributed by atoms with Crippen molar-refractivity contribution in [2.45, 2.75) is 0 Å². The number of fused-ring (bicyclic) bond motifs is 1. The van der Waals surface area contributed by atoms with Crippen LogP contribution in [-0.4, -0.2) is 5.48 Å². The lowest BCUT2D eigenvalue weighted by Crippen LogP contribution is -1.87. The van der Waals surface area contributed by atoms with Gasteiger partial charge in [-0.1, -0.05) is 30.4 Å². The maximum Gasteiger partial charge on any atom is 0.0453 e. The van der Waals surface area contributed by atoms with Gasteiger partial charge in [0.25, 0.3) is 0 Å². The summed E-state index contributed by atoms with van der Waals surface area (Å²) < 4.78 is 0. The van der Waals surface area contributed by atoms with Gasteiger partial charge in [-0.2, -0.15) is 0 Å². The number of hydrogen-bond acceptors (Lipinski definition) is 1. The van der Waals surface area contributed by atoms with Crippen LogP contribution in [0.3, 0.4) is 0 Å². The van der Waals surface area contributed by atoms with E-state index in [2.05, 4.69) is 23.5 Å². The van der Waals surface area contributed by atoms with E-state index in [1.165, 1.54) is 5.56 Å². The molecule has 2 rings (SSSR count). The van der Waals surface area contributed by atoms with Crippen molar-refractivity contribution in [3.8, 4) is 0 Å². The third kappa shape index (κ3) is 1.54. The lowest BCUT2D eigenvalue weighted by Gasteiger charge is -2.01. The summed E-state index contributed by atoms with van der Waals surface area (Å²) in [7, 11) is 0. The van der Waals surface area contributed by atoms with Crippen LogP contribution in [0.4, 0.5) is 5.69 Å². The van der Waals surface area contributed by atoms with E-state index in [4.69, 9.17) is 0 Å². The van der Waals surface area contributed by atoms with Gasteiger partial charge < -0.3 is 10.8 Å². The first-order chi connectivity index (χ1) is 5.47. The lowest BCUT2D eigenvalue weighted by molar-refractivity contribution is 0.824. The first-order valence-electron chi connectivity index (χ1n) is 3.65. The highest BCUT2D eigenvalue weighted by Gasteiger charge is 1.95. The first kappa shape index (κ1) is 8.56. The number of rotatable bonds is 0. The van der Waals surface area contributed by atoms with Crippen molar-refractivity contribution >= 4 is 11.8 Å². The van der Waals surface area contributed by atoms with Crippen LogP contribution in [-0.2, 0) is 0 Å². The zero-order valence-electron chi connectivity index (χ0n) is 6.62. The standard InChI is InChI=1S/C10H9N.H2O/c1-2-7-10-9(5-1)6-3-4-8-11-10;/h1-8,11H;1H2. The molecule has 0 radical (unpaired) electrons. The molecule has 0 aromatic heterocycles. The van der Waals surface area contributed by atoms with Crippen LogP contribution in [0.15, 0.2) is 42.6 Å². The molecule has 0 unspecified atom stereocenters. The number of hydrogen-bond donors (Lipinski definition) is 1. The number of benzene rings is 1. The van der Waals surface area contributed by atoms with Gasteiger partial charge in [-0.15, -0.1) is 0 Å². The molecule has 62 valence electrons. The highest BCUT2D eigenvalue weighted by Crippen LogP contribution is 2.18. The van der Waals surface area contributed by atoms with E-state index in [-0.39, 0.29) is 5.48 Å². The van der Waals surface area contributed by atoms with Crippen LogP contribution in [0.2, 0.25) is 0 Å². The molecule has 3 N–H and O–H groups in total. The van der Waals surface area contributed by atoms with Gasteiger partial charge in [0.1, 0.15) is 0 Å². The fourth-order valence-corrected chi connectivity index (χ4v) is 1.13. The predicted octanol–water partition coefficient (Wildman–Crippen LogP) is 1.81. The minimum Gasteiger partial charge on any atom is -0.412 e. The summed E-state index contributed by atoms with van der Waals surface area (Å²) in [6.45, 7) is 0. The van der Waals surface area contributed by atoms with Gasteiger partial charge in [0.05, 0.1) is 0 Å². The monoisotopic (exact) mass is 161 g/mol. The molecule has 0 spiro atoms. The van der Waals surface area contributed by atoms with Gasteiger partial charge in [-0.3, -0.25) is 0 Å². The largest absolute Gasteiger partial charge is 0.412 e. The lowest BCUT2D eigenvalue weighted by atomic mass is 10.2. The number of allylic oxidation sites excluding steroid dienone is 2. The SMILES string of the molecule is C1=CNc2ccccc2C=C1.O. The van der Waals surface area contributed by atoms with Crippen LogP contribution in [0, 0.1) is 0 Å². The van der Waals surface area contributed by atoms with Gasteiger partial charge >= 0.3 is 0 Å². The summed E-state index contributed by atoms with van der Waals surface area (Å²) in [5.41, 5.74) is 2.40. The predicted molar refractivity (Wildman–Crippen MR) is 51.9 cm³/mol. The molecule has 1 aromatic carbocycles. The van der Waals surface area contributed by atoms with Gasteiger partial charge in [0.2, 0.25) is 0 Å². The summed E-state index contributed by atoms with van der Waals surface area (Å²) in [6, 6.07) is 8.22. The minimum absolute atomic E-state index is 0. The Hall–Kier alpha value is -1.54. The molecule has 1 aliphatic rings. The van der Waals surface area contributed by atoms with Gasteiger partial charge in [0, 0.05) is 11.9 Å². The molecule has 0 atom stereocenters. The highest BCUT2D eigenvalue weighted by molar-refractivity contribution is 5.69. The zero-order valence-corrected chi connectivity index (χ0v) is 6.62. The van der Waals surface area contributed by atoms with Gasteiger partial charge in [-0.05, 0) is 17.7 Å². The molecular formula is C10H11NO. The Morgan fingerprint density at radius 2 is 1.83 bits per heavy atom. The van der Waals surface area contributed by atoms with Gasteiger partial charge in [0.15, 0.2) is 0 Å². The molecule has 1 aromatic rings. The quantitative estimate of drug-likeness (QED) is 0.619. The molecule has 0 fully saturated rings. The third-order valence-electron chi connectivity index (χ3n) is 1.68. The maximum absolute atomic E-state index is 3.18. The van der Waals surface area contributed by atoms with Crippen molar-refractivity contribution in [2.75, 3.05) is 5.32 Å². The summed E-state index contributed by atoms with van der Waals surface area (Å²) in [4.78, 5) is 0. The van der Waals surface area contributed by atoms with Crippen molar-refractivity contribution in [3.05, 3.63) is 48.2 Å². The second kappa shape index (κ2) is 3.74. The third-order valence-corrected chi connectivity index (χ3v) is 1.68. The molecule has 0 bridgehead atoms. The van der Waals surface area contributed by atoms with Crippen molar-refractivity contribution < 1.29 is 5.48 Å². The Morgan fingerprint density at radius 3 is 2.75 bits per heavy atom. The van der Waals surface area contributed by atoms with Gasteiger partial charge in [-0.25, -0.2) is 0 Å². The molecule has 1 heterocycles. The Labute approximate surface area is 71.5 Å². The molecule has 2 heteroatoms. The molecule has 1 aliphatic heterocycles. The summed E-state index contributed by atoms with van der Waals surface area (Å²) >= 11 is 0. The number of para-hydroxylation sites is 1. The summed E-state index contributed by atoms with van der Waals surface area (Å²) in [6.07, 6.45) is 8.03. The molecular weight excluding hydrogens is 150 g/mol. The van der Waals surface area contributed by atoms with E-state index in [0.717, 1.165) is 5.69 Å². The maximum atomic E-state index is 3.18. The average molecular weight is 161 g/mol. The van der Waals surface area contributed by atoms with Crippen LogP contribution >= 0.6 is 0 Å². The second-order valence-electron chi connectivity index (χ2n) is 2.45. The van der Waals surface area contributed by atoms with E-state index in [9.17, 15) is 0 Å². The Balaban J connectivity index is 0.000000720. The van der Waals surface area contributed by atoms with E-state index in [0.29, 0.717) is 0 Å². The summed E-state index contributed by atoms with van der Waals surface area (Å²) in [5, 5.41) is 3.18. The van der Waals surface area contributed by atoms with Crippen LogP contribution < -0.4 is 5.32 Å².